The Labute approximate surface area is 71.8 Å². The van der Waals surface area contributed by atoms with Gasteiger partial charge in [-0.25, -0.2) is 0 Å². The highest BCUT2D eigenvalue weighted by Crippen LogP contribution is 2.25. The van der Waals surface area contributed by atoms with Gasteiger partial charge in [0.25, 0.3) is 0 Å². The second-order valence-corrected chi connectivity index (χ2v) is 3.24. The van der Waals surface area contributed by atoms with Crippen molar-refractivity contribution >= 4 is 0 Å². The van der Waals surface area contributed by atoms with Gasteiger partial charge in [0, 0.05) is 6.42 Å². The molecule has 0 spiro atoms. The lowest BCUT2D eigenvalue weighted by Crippen LogP contribution is -1.94. The molecule has 1 atom stereocenters. The van der Waals surface area contributed by atoms with Crippen LogP contribution in [0.25, 0.3) is 0 Å². The minimum Gasteiger partial charge on any atom is -0.507 e. The molecule has 0 saturated carbocycles. The van der Waals surface area contributed by atoms with E-state index >= 15 is 0 Å². The van der Waals surface area contributed by atoms with E-state index in [1.807, 2.05) is 25.1 Å². The van der Waals surface area contributed by atoms with Crippen LogP contribution in [0.5, 0.6) is 5.75 Å². The summed E-state index contributed by atoms with van der Waals surface area (Å²) in [5.41, 5.74) is 1.94. The molecule has 0 aromatic heterocycles. The van der Waals surface area contributed by atoms with Gasteiger partial charge in [-0.3, -0.25) is 0 Å². The summed E-state index contributed by atoms with van der Waals surface area (Å²) in [6.45, 7) is 2.75. The molecule has 1 aliphatic heterocycles. The first-order valence-electron chi connectivity index (χ1n) is 4.16. The van der Waals surface area contributed by atoms with Crippen LogP contribution in [-0.2, 0) is 11.2 Å². The Balaban J connectivity index is 2.23. The fourth-order valence-electron chi connectivity index (χ4n) is 1.32. The molecule has 1 saturated heterocycles. The molecule has 1 N–H and O–H groups in total. The van der Waals surface area contributed by atoms with Gasteiger partial charge >= 0.3 is 0 Å². The fourth-order valence-corrected chi connectivity index (χ4v) is 1.32. The molecule has 1 unspecified atom stereocenters. The smallest absolute Gasteiger partial charge is 0.121 e. The van der Waals surface area contributed by atoms with Crippen LogP contribution in [0, 0.1) is 6.92 Å². The van der Waals surface area contributed by atoms with E-state index in [4.69, 9.17) is 4.74 Å². The highest BCUT2D eigenvalue weighted by Gasteiger charge is 2.23. The lowest BCUT2D eigenvalue weighted by atomic mass is 10.1. The zero-order valence-electron chi connectivity index (χ0n) is 7.08. The molecule has 1 aliphatic rings. The number of para-hydroxylation sites is 1. The monoisotopic (exact) mass is 164 g/mol. The van der Waals surface area contributed by atoms with Crippen LogP contribution in [0.4, 0.5) is 0 Å². The molecule has 1 fully saturated rings. The van der Waals surface area contributed by atoms with Crippen molar-refractivity contribution in [3.05, 3.63) is 29.3 Å². The molecule has 1 heterocycles. The Morgan fingerprint density at radius 2 is 2.33 bits per heavy atom. The third-order valence-corrected chi connectivity index (χ3v) is 2.17. The maximum atomic E-state index is 9.62. The van der Waals surface area contributed by atoms with E-state index < -0.39 is 0 Å². The first-order chi connectivity index (χ1) is 5.77. The van der Waals surface area contributed by atoms with Crippen LogP contribution in [0.3, 0.4) is 0 Å². The topological polar surface area (TPSA) is 32.8 Å². The number of hydrogen-bond acceptors (Lipinski definition) is 2. The predicted molar refractivity (Wildman–Crippen MR) is 46.3 cm³/mol. The zero-order chi connectivity index (χ0) is 8.55. The molecule has 12 heavy (non-hydrogen) atoms. The van der Waals surface area contributed by atoms with Gasteiger partial charge in [0.2, 0.25) is 0 Å². The molecule has 1 aromatic rings. The summed E-state index contributed by atoms with van der Waals surface area (Å²) in [7, 11) is 0. The Bertz CT molecular complexity index is 290. The van der Waals surface area contributed by atoms with Crippen LogP contribution in [0.2, 0.25) is 0 Å². The van der Waals surface area contributed by atoms with Gasteiger partial charge in [0.05, 0.1) is 12.7 Å². The van der Waals surface area contributed by atoms with E-state index in [0.717, 1.165) is 24.2 Å². The second-order valence-electron chi connectivity index (χ2n) is 3.24. The van der Waals surface area contributed by atoms with E-state index in [2.05, 4.69) is 0 Å². The average Bonchev–Trinajstić information content (AvgIpc) is 2.83. The van der Waals surface area contributed by atoms with E-state index in [1.54, 1.807) is 0 Å². The molecular weight excluding hydrogens is 152 g/mol. The summed E-state index contributed by atoms with van der Waals surface area (Å²) < 4.78 is 5.10. The molecule has 2 rings (SSSR count). The minimum atomic E-state index is 0.345. The van der Waals surface area contributed by atoms with E-state index in [0.29, 0.717) is 11.9 Å². The van der Waals surface area contributed by atoms with E-state index in [1.165, 1.54) is 0 Å². The number of hydrogen-bond donors (Lipinski definition) is 1. The first kappa shape index (κ1) is 7.62. The molecule has 2 nitrogen and oxygen atoms in total. The number of phenols is 1. The molecule has 2 heteroatoms. The van der Waals surface area contributed by atoms with Crippen molar-refractivity contribution in [2.75, 3.05) is 6.61 Å². The lowest BCUT2D eigenvalue weighted by molar-refractivity contribution is 0.401. The van der Waals surface area contributed by atoms with Crippen LogP contribution < -0.4 is 0 Å². The SMILES string of the molecule is Cc1cccc(CC2CO2)c1O. The Morgan fingerprint density at radius 1 is 1.58 bits per heavy atom. The Morgan fingerprint density at radius 3 is 3.00 bits per heavy atom. The number of aryl methyl sites for hydroxylation is 1. The summed E-state index contributed by atoms with van der Waals surface area (Å²) >= 11 is 0. The highest BCUT2D eigenvalue weighted by atomic mass is 16.6. The van der Waals surface area contributed by atoms with Crippen molar-refractivity contribution in [2.45, 2.75) is 19.4 Å². The van der Waals surface area contributed by atoms with Crippen LogP contribution in [0.1, 0.15) is 11.1 Å². The number of phenolic OH excluding ortho intramolecular Hbond substituents is 1. The van der Waals surface area contributed by atoms with Crippen molar-refractivity contribution in [3.8, 4) is 5.75 Å². The summed E-state index contributed by atoms with van der Waals surface area (Å²) in [6, 6.07) is 5.82. The zero-order valence-corrected chi connectivity index (χ0v) is 7.08. The number of rotatable bonds is 2. The maximum Gasteiger partial charge on any atom is 0.121 e. The van der Waals surface area contributed by atoms with E-state index in [-0.39, 0.29) is 0 Å². The quantitative estimate of drug-likeness (QED) is 0.674. The van der Waals surface area contributed by atoms with Gasteiger partial charge < -0.3 is 9.84 Å². The Kier molecular flexibility index (Phi) is 1.77. The second kappa shape index (κ2) is 2.79. The van der Waals surface area contributed by atoms with Gasteiger partial charge in [-0.05, 0) is 18.1 Å². The largest absolute Gasteiger partial charge is 0.507 e. The number of benzene rings is 1. The standard InChI is InChI=1S/C10H12O2/c1-7-3-2-4-8(10(7)11)5-9-6-12-9/h2-4,9,11H,5-6H2,1H3. The molecule has 0 bridgehead atoms. The average molecular weight is 164 g/mol. The molecule has 64 valence electrons. The summed E-state index contributed by atoms with van der Waals surface area (Å²) in [4.78, 5) is 0. The van der Waals surface area contributed by atoms with Crippen molar-refractivity contribution in [3.63, 3.8) is 0 Å². The molecule has 0 radical (unpaired) electrons. The van der Waals surface area contributed by atoms with Crippen molar-refractivity contribution in [1.82, 2.24) is 0 Å². The van der Waals surface area contributed by atoms with Crippen LogP contribution in [-0.4, -0.2) is 17.8 Å². The fraction of sp³-hybridized carbons (Fsp3) is 0.400. The van der Waals surface area contributed by atoms with Crippen molar-refractivity contribution < 1.29 is 9.84 Å². The number of epoxide rings is 1. The summed E-state index contributed by atoms with van der Waals surface area (Å²) in [5.74, 6) is 0.424. The molecular formula is C10H12O2. The summed E-state index contributed by atoms with van der Waals surface area (Å²) in [5, 5.41) is 9.62. The summed E-state index contributed by atoms with van der Waals surface area (Å²) in [6.07, 6.45) is 1.19. The minimum absolute atomic E-state index is 0.345. The van der Waals surface area contributed by atoms with Crippen molar-refractivity contribution in [1.29, 1.82) is 0 Å². The lowest BCUT2D eigenvalue weighted by Gasteiger charge is -2.04. The van der Waals surface area contributed by atoms with Gasteiger partial charge in [0.1, 0.15) is 5.75 Å². The highest BCUT2D eigenvalue weighted by molar-refractivity contribution is 5.39. The van der Waals surface area contributed by atoms with Crippen molar-refractivity contribution in [2.24, 2.45) is 0 Å². The van der Waals surface area contributed by atoms with Gasteiger partial charge in [-0.15, -0.1) is 0 Å². The van der Waals surface area contributed by atoms with E-state index in [9.17, 15) is 5.11 Å². The maximum absolute atomic E-state index is 9.62. The molecule has 0 amide bonds. The number of aromatic hydroxyl groups is 1. The normalized spacial score (nSPS) is 20.9. The molecule has 1 aromatic carbocycles. The molecule has 0 aliphatic carbocycles. The predicted octanol–water partition coefficient (Wildman–Crippen LogP) is 1.64. The van der Waals surface area contributed by atoms with Gasteiger partial charge in [-0.2, -0.15) is 0 Å². The van der Waals surface area contributed by atoms with Gasteiger partial charge in [0.15, 0.2) is 0 Å². The third-order valence-electron chi connectivity index (χ3n) is 2.17. The number of ether oxygens (including phenoxy) is 1. The van der Waals surface area contributed by atoms with Crippen LogP contribution >= 0.6 is 0 Å². The third kappa shape index (κ3) is 1.43. The van der Waals surface area contributed by atoms with Crippen LogP contribution in [0.15, 0.2) is 18.2 Å². The van der Waals surface area contributed by atoms with Gasteiger partial charge in [-0.1, -0.05) is 18.2 Å². The Hall–Kier alpha value is -1.02. The first-order valence-corrected chi connectivity index (χ1v) is 4.16.